The van der Waals surface area contributed by atoms with E-state index < -0.39 is 23.9 Å². The van der Waals surface area contributed by atoms with Crippen molar-refractivity contribution < 1.29 is 47.4 Å². The Balaban J connectivity index is 0.000000266. The topological polar surface area (TPSA) is 78.5 Å². The quantitative estimate of drug-likeness (QED) is 0.132. The minimum Gasteiger partial charge on any atom is -0.573 e. The zero-order valence-corrected chi connectivity index (χ0v) is 26.1. The molecule has 5 aromatic rings. The molecule has 0 bridgehead atoms. The van der Waals surface area contributed by atoms with Crippen LogP contribution in [0, 0.1) is 6.20 Å². The van der Waals surface area contributed by atoms with Gasteiger partial charge in [0.05, 0.1) is 0 Å². The summed E-state index contributed by atoms with van der Waals surface area (Å²) in [6, 6.07) is 15.8. The number of aromatic nitrogens is 6. The number of benzene rings is 1. The zero-order chi connectivity index (χ0) is 31.4. The molecule has 0 aliphatic carbocycles. The molecule has 6 nitrogen and oxygen atoms in total. The molecule has 0 atom stereocenters. The summed E-state index contributed by atoms with van der Waals surface area (Å²) in [7, 11) is 0. The molecular weight excluding hydrogens is 765 g/mol. The van der Waals surface area contributed by atoms with Gasteiger partial charge in [-0.3, -0.25) is 4.98 Å². The minimum atomic E-state index is -4.54. The molecule has 5 rings (SSSR count). The summed E-state index contributed by atoms with van der Waals surface area (Å²) in [4.78, 5) is 14.6. The normalized spacial score (nSPS) is 11.6. The predicted molar refractivity (Wildman–Crippen MR) is 149 cm³/mol. The van der Waals surface area contributed by atoms with Crippen LogP contribution in [0.3, 0.4) is 0 Å². The minimum absolute atomic E-state index is 0. The van der Waals surface area contributed by atoms with Crippen LogP contribution in [0.25, 0.3) is 33.8 Å². The second-order valence-corrected chi connectivity index (χ2v) is 10.1. The fourth-order valence-corrected chi connectivity index (χ4v) is 4.21. The van der Waals surface area contributed by atoms with Gasteiger partial charge in [0.1, 0.15) is 11.5 Å². The maximum atomic E-state index is 12.7. The van der Waals surface area contributed by atoms with Gasteiger partial charge in [-0.2, -0.15) is 26.3 Å². The van der Waals surface area contributed by atoms with Gasteiger partial charge < -0.3 is 25.1 Å². The van der Waals surface area contributed by atoms with E-state index >= 15 is 0 Å². The summed E-state index contributed by atoms with van der Waals surface area (Å²) in [6.45, 7) is 8.57. The molecule has 0 spiro atoms. The van der Waals surface area contributed by atoms with Crippen LogP contribution in [0.4, 0.5) is 26.3 Å². The second-order valence-electron chi connectivity index (χ2n) is 10.1. The Kier molecular flexibility index (Phi) is 11.2. The number of rotatable bonds is 5. The van der Waals surface area contributed by atoms with E-state index in [2.05, 4.69) is 82.2 Å². The summed E-state index contributed by atoms with van der Waals surface area (Å²) in [5.41, 5.74) is 4.84. The van der Waals surface area contributed by atoms with Crippen molar-refractivity contribution in [2.24, 2.45) is 0 Å². The summed E-state index contributed by atoms with van der Waals surface area (Å²) in [5, 5.41) is 6.82. The fourth-order valence-electron chi connectivity index (χ4n) is 4.21. The average molecular weight is 792 g/mol. The van der Waals surface area contributed by atoms with E-state index in [1.807, 2.05) is 6.07 Å². The molecule has 232 valence electrons. The monoisotopic (exact) mass is 791 g/mol. The van der Waals surface area contributed by atoms with Crippen molar-refractivity contribution in [1.82, 2.24) is 30.1 Å². The smallest absolute Gasteiger partial charge is 0.573 e. The van der Waals surface area contributed by atoms with Gasteiger partial charge in [-0.15, -0.1) is 0 Å². The Morgan fingerprint density at radius 2 is 1.41 bits per heavy atom. The Bertz CT molecular complexity index is 1610. The van der Waals surface area contributed by atoms with Crippen molar-refractivity contribution >= 4 is 0 Å². The molecule has 0 amide bonds. The fraction of sp³-hybridized carbons (Fsp3) is 0.258. The van der Waals surface area contributed by atoms with E-state index in [1.165, 1.54) is 17.3 Å². The van der Waals surface area contributed by atoms with Crippen molar-refractivity contribution in [2.45, 2.75) is 51.9 Å². The van der Waals surface area contributed by atoms with Crippen LogP contribution in [-0.2, 0) is 33.4 Å². The number of halogens is 6. The maximum absolute atomic E-state index is 12.7. The van der Waals surface area contributed by atoms with Crippen LogP contribution in [0.5, 0.6) is 0 Å². The van der Waals surface area contributed by atoms with Crippen LogP contribution in [-0.4, -0.2) is 25.0 Å². The number of hydrogen-bond donors (Lipinski definition) is 0. The first-order valence-electron chi connectivity index (χ1n) is 13.2. The van der Waals surface area contributed by atoms with Gasteiger partial charge in [0, 0.05) is 23.7 Å². The van der Waals surface area contributed by atoms with E-state index in [0.717, 1.165) is 23.4 Å². The second kappa shape index (κ2) is 14.2. The molecule has 4 heterocycles. The standard InChI is InChI=1S/C21H21F3N3.C10H5F3N3.Pt/c1-12(2)15-6-5-7-16(13(3)4)20(15)14-8-9-17(25-11-14)18-10-19(27-26-18)21(22,23)24;11-10(12,13)9-15-5-7(6-16-9)8-3-1-2-4-14-8;/h5-13H,1-4H3;1-5H;/q2*-1;+2. The molecule has 0 fully saturated rings. The predicted octanol–water partition coefficient (Wildman–Crippen LogP) is 8.39. The van der Waals surface area contributed by atoms with E-state index in [9.17, 15) is 26.3 Å². The number of hydrogen-bond acceptors (Lipinski definition) is 5. The van der Waals surface area contributed by atoms with Gasteiger partial charge in [0.25, 0.3) is 0 Å². The Morgan fingerprint density at radius 3 is 1.86 bits per heavy atom. The van der Waals surface area contributed by atoms with Crippen LogP contribution in [0.2, 0.25) is 0 Å². The van der Waals surface area contributed by atoms with E-state index in [-0.39, 0.29) is 26.8 Å². The van der Waals surface area contributed by atoms with Crippen LogP contribution in [0.15, 0.2) is 73.2 Å². The maximum Gasteiger partial charge on any atom is 2.00 e. The molecule has 0 aliphatic rings. The molecule has 0 saturated carbocycles. The molecule has 44 heavy (non-hydrogen) atoms. The van der Waals surface area contributed by atoms with Crippen molar-refractivity contribution in [3.8, 4) is 33.8 Å². The number of pyridine rings is 2. The number of alkyl halides is 6. The van der Waals surface area contributed by atoms with Gasteiger partial charge >= 0.3 is 33.4 Å². The van der Waals surface area contributed by atoms with Gasteiger partial charge in [-0.25, -0.2) is 0 Å². The summed E-state index contributed by atoms with van der Waals surface area (Å²) >= 11 is 0. The third-order valence-electron chi connectivity index (χ3n) is 6.31. The molecule has 4 aromatic heterocycles. The van der Waals surface area contributed by atoms with Crippen molar-refractivity contribution in [3.63, 3.8) is 0 Å². The average Bonchev–Trinajstić information content (AvgIpc) is 3.49. The van der Waals surface area contributed by atoms with Crippen molar-refractivity contribution in [3.05, 3.63) is 102 Å². The molecule has 0 unspecified atom stereocenters. The summed E-state index contributed by atoms with van der Waals surface area (Å²) < 4.78 is 74.6. The first-order valence-corrected chi connectivity index (χ1v) is 13.2. The Hall–Kier alpha value is -3.92. The van der Waals surface area contributed by atoms with E-state index in [0.29, 0.717) is 28.8 Å². The molecule has 0 radical (unpaired) electrons. The zero-order valence-electron chi connectivity index (χ0n) is 23.9. The SMILES string of the molecule is CC(C)c1cccc(C(C)C)c1-c1ccc(-c2cc(C(F)(F)F)n[n-]2)nc1.FC(F)(F)c1n[c-]c(-c2ccccn2)cn1.[Pt+2]. The van der Waals surface area contributed by atoms with Gasteiger partial charge in [-0.1, -0.05) is 81.5 Å². The molecule has 0 saturated heterocycles. The first-order chi connectivity index (χ1) is 20.3. The van der Waals surface area contributed by atoms with Gasteiger partial charge in [-0.05, 0) is 58.6 Å². The molecule has 13 heteroatoms. The summed E-state index contributed by atoms with van der Waals surface area (Å²) in [6.07, 6.45) is -2.50. The largest absolute Gasteiger partial charge is 2.00 e. The van der Waals surface area contributed by atoms with Crippen molar-refractivity contribution in [1.29, 1.82) is 0 Å². The Labute approximate surface area is 264 Å². The van der Waals surface area contributed by atoms with Crippen molar-refractivity contribution in [2.75, 3.05) is 0 Å². The van der Waals surface area contributed by atoms with Gasteiger partial charge in [0.15, 0.2) is 0 Å². The van der Waals surface area contributed by atoms with E-state index in [4.69, 9.17) is 0 Å². The van der Waals surface area contributed by atoms with Gasteiger partial charge in [0.2, 0.25) is 0 Å². The van der Waals surface area contributed by atoms with Crippen LogP contribution < -0.4 is 5.10 Å². The molecule has 1 aromatic carbocycles. The third kappa shape index (κ3) is 8.37. The van der Waals surface area contributed by atoms with Crippen LogP contribution in [0.1, 0.15) is 62.2 Å². The summed E-state index contributed by atoms with van der Waals surface area (Å²) in [5.74, 6) is -0.519. The van der Waals surface area contributed by atoms with Crippen LogP contribution >= 0.6 is 0 Å². The third-order valence-corrected chi connectivity index (χ3v) is 6.31. The molecular formula is C31H26F6N6Pt. The molecule has 0 aliphatic heterocycles. The number of nitrogens with zero attached hydrogens (tertiary/aromatic N) is 6. The molecule has 0 N–H and O–H groups in total. The van der Waals surface area contributed by atoms with E-state index in [1.54, 1.807) is 30.5 Å². The first kappa shape index (κ1) is 34.6. The Morgan fingerprint density at radius 1 is 0.727 bits per heavy atom.